The molecular weight excluding hydrogens is 139 g/mol. The Labute approximate surface area is 68.5 Å². The summed E-state index contributed by atoms with van der Waals surface area (Å²) in [7, 11) is 0. The van der Waals surface area contributed by atoms with Crippen molar-refractivity contribution in [2.24, 2.45) is 11.8 Å². The Morgan fingerprint density at radius 1 is 1.64 bits per heavy atom. The van der Waals surface area contributed by atoms with Crippen molar-refractivity contribution in [2.45, 2.75) is 39.8 Å². The van der Waals surface area contributed by atoms with E-state index in [0.717, 1.165) is 18.4 Å². The van der Waals surface area contributed by atoms with Crippen LogP contribution in [0.15, 0.2) is 11.6 Å². The van der Waals surface area contributed by atoms with E-state index in [9.17, 15) is 4.39 Å². The monoisotopic (exact) mass is 156 g/mol. The van der Waals surface area contributed by atoms with Crippen molar-refractivity contribution in [2.75, 3.05) is 0 Å². The molecule has 0 fully saturated rings. The standard InChI is InChI=1S/C10H17F/c1-4-9-7(2)5-6-8(3)10(9)11/h6-7,9-10H,4-5H2,1-3H3. The zero-order valence-electron chi connectivity index (χ0n) is 7.60. The third-order valence-corrected chi connectivity index (χ3v) is 2.82. The molecule has 0 aromatic carbocycles. The van der Waals surface area contributed by atoms with Crippen molar-refractivity contribution >= 4 is 0 Å². The lowest BCUT2D eigenvalue weighted by Crippen LogP contribution is -2.26. The van der Waals surface area contributed by atoms with E-state index in [1.807, 2.05) is 13.0 Å². The van der Waals surface area contributed by atoms with Crippen LogP contribution in [0.4, 0.5) is 4.39 Å². The van der Waals surface area contributed by atoms with Crippen molar-refractivity contribution in [3.05, 3.63) is 11.6 Å². The average molecular weight is 156 g/mol. The minimum atomic E-state index is -0.677. The van der Waals surface area contributed by atoms with Crippen molar-refractivity contribution in [1.82, 2.24) is 0 Å². The van der Waals surface area contributed by atoms with Gasteiger partial charge in [0.25, 0.3) is 0 Å². The zero-order valence-corrected chi connectivity index (χ0v) is 7.60. The van der Waals surface area contributed by atoms with E-state index in [4.69, 9.17) is 0 Å². The first kappa shape index (κ1) is 8.76. The summed E-state index contributed by atoms with van der Waals surface area (Å²) < 4.78 is 13.4. The molecule has 0 spiro atoms. The topological polar surface area (TPSA) is 0 Å². The molecule has 0 aromatic rings. The van der Waals surface area contributed by atoms with Crippen LogP contribution in [0.2, 0.25) is 0 Å². The first-order valence-electron chi connectivity index (χ1n) is 4.47. The summed E-state index contributed by atoms with van der Waals surface area (Å²) in [5.41, 5.74) is 0.940. The molecule has 3 atom stereocenters. The maximum Gasteiger partial charge on any atom is 0.124 e. The normalized spacial score (nSPS) is 38.5. The van der Waals surface area contributed by atoms with Crippen LogP contribution in [0.1, 0.15) is 33.6 Å². The summed E-state index contributed by atoms with van der Waals surface area (Å²) in [5, 5.41) is 0. The Kier molecular flexibility index (Phi) is 2.69. The van der Waals surface area contributed by atoms with Gasteiger partial charge in [-0.15, -0.1) is 0 Å². The third-order valence-electron chi connectivity index (χ3n) is 2.82. The van der Waals surface area contributed by atoms with Crippen molar-refractivity contribution in [3.63, 3.8) is 0 Å². The molecule has 0 nitrogen and oxygen atoms in total. The number of alkyl halides is 1. The Bertz CT molecular complexity index is 160. The molecule has 0 aliphatic heterocycles. The van der Waals surface area contributed by atoms with Crippen LogP contribution in [-0.2, 0) is 0 Å². The fraction of sp³-hybridized carbons (Fsp3) is 0.800. The molecule has 0 heterocycles. The number of rotatable bonds is 1. The van der Waals surface area contributed by atoms with E-state index in [-0.39, 0.29) is 5.92 Å². The Morgan fingerprint density at radius 2 is 2.27 bits per heavy atom. The maximum atomic E-state index is 13.4. The highest BCUT2D eigenvalue weighted by molar-refractivity contribution is 5.11. The molecule has 64 valence electrons. The molecule has 11 heavy (non-hydrogen) atoms. The van der Waals surface area contributed by atoms with E-state index in [2.05, 4.69) is 13.8 Å². The van der Waals surface area contributed by atoms with Crippen LogP contribution in [0.3, 0.4) is 0 Å². The second kappa shape index (κ2) is 3.38. The molecule has 0 aromatic heterocycles. The smallest absolute Gasteiger partial charge is 0.124 e. The highest BCUT2D eigenvalue weighted by atomic mass is 19.1. The van der Waals surface area contributed by atoms with E-state index in [1.54, 1.807) is 0 Å². The number of hydrogen-bond acceptors (Lipinski definition) is 0. The van der Waals surface area contributed by atoms with Gasteiger partial charge in [-0.1, -0.05) is 19.9 Å². The molecule has 3 unspecified atom stereocenters. The highest BCUT2D eigenvalue weighted by Gasteiger charge is 2.28. The largest absolute Gasteiger partial charge is 0.242 e. The van der Waals surface area contributed by atoms with Gasteiger partial charge < -0.3 is 0 Å². The van der Waals surface area contributed by atoms with E-state index >= 15 is 0 Å². The first-order valence-corrected chi connectivity index (χ1v) is 4.47. The molecular formula is C10H17F. The van der Waals surface area contributed by atoms with Crippen LogP contribution in [0.25, 0.3) is 0 Å². The average Bonchev–Trinajstić information content (AvgIpc) is 1.99. The molecule has 0 amide bonds. The van der Waals surface area contributed by atoms with Gasteiger partial charge in [0.2, 0.25) is 0 Å². The van der Waals surface area contributed by atoms with Gasteiger partial charge >= 0.3 is 0 Å². The van der Waals surface area contributed by atoms with Gasteiger partial charge in [0.05, 0.1) is 0 Å². The summed E-state index contributed by atoms with van der Waals surface area (Å²) in [6.07, 6.45) is 3.39. The third kappa shape index (κ3) is 1.63. The summed E-state index contributed by atoms with van der Waals surface area (Å²) in [6, 6.07) is 0. The Morgan fingerprint density at radius 3 is 2.73 bits per heavy atom. The molecule has 0 N–H and O–H groups in total. The number of hydrogen-bond donors (Lipinski definition) is 0. The molecule has 1 heteroatoms. The summed E-state index contributed by atoms with van der Waals surface area (Å²) in [5.74, 6) is 0.790. The van der Waals surface area contributed by atoms with Crippen LogP contribution >= 0.6 is 0 Å². The van der Waals surface area contributed by atoms with Gasteiger partial charge in [-0.2, -0.15) is 0 Å². The van der Waals surface area contributed by atoms with Gasteiger partial charge in [0.15, 0.2) is 0 Å². The fourth-order valence-corrected chi connectivity index (χ4v) is 1.89. The minimum absolute atomic E-state index is 0.264. The zero-order chi connectivity index (χ0) is 8.43. The van der Waals surface area contributed by atoms with Gasteiger partial charge in [-0.25, -0.2) is 4.39 Å². The lowest BCUT2D eigenvalue weighted by molar-refractivity contribution is 0.184. The summed E-state index contributed by atoms with van der Waals surface area (Å²) in [6.45, 7) is 6.12. The molecule has 1 aliphatic rings. The van der Waals surface area contributed by atoms with Crippen LogP contribution in [-0.4, -0.2) is 6.17 Å². The SMILES string of the molecule is CCC1C(C)CC=C(C)C1F. The highest BCUT2D eigenvalue weighted by Crippen LogP contribution is 2.33. The minimum Gasteiger partial charge on any atom is -0.242 e. The van der Waals surface area contributed by atoms with Crippen molar-refractivity contribution in [1.29, 1.82) is 0 Å². The molecule has 0 bridgehead atoms. The van der Waals surface area contributed by atoms with Crippen LogP contribution in [0, 0.1) is 11.8 Å². The molecule has 0 saturated heterocycles. The number of halogens is 1. The second-order valence-electron chi connectivity index (χ2n) is 3.63. The van der Waals surface area contributed by atoms with E-state index in [1.165, 1.54) is 0 Å². The maximum absolute atomic E-state index is 13.4. The predicted molar refractivity (Wildman–Crippen MR) is 46.2 cm³/mol. The van der Waals surface area contributed by atoms with Crippen molar-refractivity contribution in [3.8, 4) is 0 Å². The lowest BCUT2D eigenvalue weighted by atomic mass is 9.78. The van der Waals surface area contributed by atoms with Crippen LogP contribution < -0.4 is 0 Å². The molecule has 1 rings (SSSR count). The first-order chi connectivity index (χ1) is 5.16. The fourth-order valence-electron chi connectivity index (χ4n) is 1.89. The Hall–Kier alpha value is -0.330. The van der Waals surface area contributed by atoms with Crippen LogP contribution in [0.5, 0.6) is 0 Å². The van der Waals surface area contributed by atoms with Gasteiger partial charge in [-0.05, 0) is 37.2 Å². The van der Waals surface area contributed by atoms with Gasteiger partial charge in [0.1, 0.15) is 6.17 Å². The van der Waals surface area contributed by atoms with E-state index < -0.39 is 6.17 Å². The summed E-state index contributed by atoms with van der Waals surface area (Å²) in [4.78, 5) is 0. The predicted octanol–water partition coefficient (Wildman–Crippen LogP) is 3.34. The van der Waals surface area contributed by atoms with Gasteiger partial charge in [-0.3, -0.25) is 0 Å². The van der Waals surface area contributed by atoms with Crippen molar-refractivity contribution < 1.29 is 4.39 Å². The van der Waals surface area contributed by atoms with Gasteiger partial charge in [0, 0.05) is 0 Å². The molecule has 1 aliphatic carbocycles. The lowest BCUT2D eigenvalue weighted by Gasteiger charge is -2.30. The quantitative estimate of drug-likeness (QED) is 0.511. The second-order valence-corrected chi connectivity index (χ2v) is 3.63. The molecule has 0 saturated carbocycles. The summed E-state index contributed by atoms with van der Waals surface area (Å²) >= 11 is 0. The Balaban J connectivity index is 2.71. The van der Waals surface area contributed by atoms with E-state index in [0.29, 0.717) is 5.92 Å². The number of allylic oxidation sites excluding steroid dienone is 2. The molecule has 0 radical (unpaired) electrons.